The Bertz CT molecular complexity index is 816. The van der Waals surface area contributed by atoms with E-state index in [2.05, 4.69) is 35.4 Å². The van der Waals surface area contributed by atoms with Crippen LogP contribution in [0.1, 0.15) is 46.2 Å². The number of benzene rings is 1. The van der Waals surface area contributed by atoms with Crippen LogP contribution in [0.5, 0.6) is 0 Å². The number of amides is 1. The molecule has 0 saturated carbocycles. The summed E-state index contributed by atoms with van der Waals surface area (Å²) in [5.41, 5.74) is 8.52. The van der Waals surface area contributed by atoms with Crippen molar-refractivity contribution in [2.24, 2.45) is 5.73 Å². The topological polar surface area (TPSA) is 94.4 Å². The molecule has 1 aromatic carbocycles. The first kappa shape index (κ1) is 18.1. The molecule has 26 heavy (non-hydrogen) atoms. The van der Waals surface area contributed by atoms with Crippen molar-refractivity contribution in [2.45, 2.75) is 39.3 Å². The molecule has 2 heterocycles. The molecule has 138 valence electrons. The Labute approximate surface area is 152 Å². The third-order valence-corrected chi connectivity index (χ3v) is 5.21. The summed E-state index contributed by atoms with van der Waals surface area (Å²) in [7, 11) is 0. The van der Waals surface area contributed by atoms with Gasteiger partial charge in [0.15, 0.2) is 0 Å². The van der Waals surface area contributed by atoms with Crippen LogP contribution in [0.4, 0.5) is 5.69 Å². The maximum atomic E-state index is 11.4. The van der Waals surface area contributed by atoms with Gasteiger partial charge >= 0.3 is 0 Å². The van der Waals surface area contributed by atoms with Gasteiger partial charge in [-0.3, -0.25) is 19.8 Å². The summed E-state index contributed by atoms with van der Waals surface area (Å²) in [4.78, 5) is 24.4. The first-order chi connectivity index (χ1) is 12.4. The summed E-state index contributed by atoms with van der Waals surface area (Å²) in [5, 5.41) is 11.4. The lowest BCUT2D eigenvalue weighted by Crippen LogP contribution is -2.34. The minimum atomic E-state index is -0.655. The molecule has 0 atom stereocenters. The zero-order valence-electron chi connectivity index (χ0n) is 15.1. The predicted octanol–water partition coefficient (Wildman–Crippen LogP) is 2.95. The van der Waals surface area contributed by atoms with Crippen LogP contribution in [0.3, 0.4) is 0 Å². The Balaban J connectivity index is 1.70. The Morgan fingerprint density at radius 2 is 1.81 bits per heavy atom. The summed E-state index contributed by atoms with van der Waals surface area (Å²) >= 11 is 0. The van der Waals surface area contributed by atoms with E-state index in [0.717, 1.165) is 25.9 Å². The van der Waals surface area contributed by atoms with Crippen molar-refractivity contribution in [3.63, 3.8) is 0 Å². The van der Waals surface area contributed by atoms with Crippen molar-refractivity contribution in [1.29, 1.82) is 0 Å². The van der Waals surface area contributed by atoms with E-state index in [1.54, 1.807) is 12.1 Å². The van der Waals surface area contributed by atoms with Gasteiger partial charge in [0.05, 0.1) is 4.92 Å². The van der Waals surface area contributed by atoms with Crippen LogP contribution in [-0.2, 0) is 6.54 Å². The van der Waals surface area contributed by atoms with Crippen LogP contribution >= 0.6 is 0 Å². The highest BCUT2D eigenvalue weighted by molar-refractivity contribution is 5.93. The van der Waals surface area contributed by atoms with E-state index in [-0.39, 0.29) is 11.3 Å². The van der Waals surface area contributed by atoms with Gasteiger partial charge < -0.3 is 10.3 Å². The minimum Gasteiger partial charge on any atom is -0.366 e. The lowest BCUT2D eigenvalue weighted by Gasteiger charge is -2.34. The number of carbonyl (C=O) groups excluding carboxylic acids is 1. The van der Waals surface area contributed by atoms with Crippen LogP contribution in [0, 0.1) is 24.0 Å². The quantitative estimate of drug-likeness (QED) is 0.658. The summed E-state index contributed by atoms with van der Waals surface area (Å²) in [6, 6.07) is 9.25. The van der Waals surface area contributed by atoms with Crippen LogP contribution in [0.2, 0.25) is 0 Å². The maximum absolute atomic E-state index is 11.4. The van der Waals surface area contributed by atoms with Crippen molar-refractivity contribution in [3.05, 3.63) is 63.0 Å². The number of aryl methyl sites for hydroxylation is 2. The lowest BCUT2D eigenvalue weighted by molar-refractivity contribution is -0.385. The van der Waals surface area contributed by atoms with E-state index in [1.165, 1.54) is 17.5 Å². The number of primary amides is 1. The van der Waals surface area contributed by atoms with Crippen LogP contribution in [0.15, 0.2) is 30.3 Å². The Kier molecular flexibility index (Phi) is 5.08. The molecular weight excluding hydrogens is 332 g/mol. The molecular formula is C19H24N4O3. The molecule has 1 aromatic heterocycles. The maximum Gasteiger partial charge on any atom is 0.274 e. The van der Waals surface area contributed by atoms with Gasteiger partial charge in [0.2, 0.25) is 5.91 Å². The average molecular weight is 356 g/mol. The molecule has 2 N–H and O–H groups in total. The molecule has 7 nitrogen and oxygen atoms in total. The zero-order valence-corrected chi connectivity index (χ0v) is 15.1. The fraction of sp³-hybridized carbons (Fsp3) is 0.421. The molecule has 0 radical (unpaired) electrons. The van der Waals surface area contributed by atoms with E-state index >= 15 is 0 Å². The molecule has 1 aliphatic heterocycles. The number of piperidine rings is 1. The largest absolute Gasteiger partial charge is 0.366 e. The third-order valence-electron chi connectivity index (χ3n) is 5.21. The van der Waals surface area contributed by atoms with E-state index in [0.29, 0.717) is 18.2 Å². The molecule has 2 aromatic rings. The van der Waals surface area contributed by atoms with Gasteiger partial charge in [0, 0.05) is 54.3 Å². The van der Waals surface area contributed by atoms with E-state index in [1.807, 2.05) is 0 Å². The number of hydrogen-bond acceptors (Lipinski definition) is 4. The summed E-state index contributed by atoms with van der Waals surface area (Å²) < 4.78 is 2.39. The number of hydrogen-bond donors (Lipinski definition) is 1. The second kappa shape index (κ2) is 7.29. The van der Waals surface area contributed by atoms with Crippen molar-refractivity contribution in [1.82, 2.24) is 9.47 Å². The second-order valence-electron chi connectivity index (χ2n) is 6.96. The van der Waals surface area contributed by atoms with Gasteiger partial charge in [0.25, 0.3) is 5.69 Å². The summed E-state index contributed by atoms with van der Waals surface area (Å²) in [5.74, 6) is -0.655. The number of nitrogens with zero attached hydrogens (tertiary/aromatic N) is 3. The standard InChI is InChI=1S/C19H24N4O3/c1-13-3-4-14(2)22(13)17-7-9-21(10-8-17)12-16-6-5-15(19(20)24)11-18(16)23(25)26/h3-6,11,17H,7-10,12H2,1-2H3,(H2,20,24). The second-order valence-corrected chi connectivity index (χ2v) is 6.96. The smallest absolute Gasteiger partial charge is 0.274 e. The number of nitro groups is 1. The lowest BCUT2D eigenvalue weighted by atomic mass is 10.0. The monoisotopic (exact) mass is 356 g/mol. The third kappa shape index (κ3) is 3.62. The Hall–Kier alpha value is -2.67. The average Bonchev–Trinajstić information content (AvgIpc) is 2.94. The first-order valence-corrected chi connectivity index (χ1v) is 8.80. The number of rotatable bonds is 5. The molecule has 0 spiro atoms. The highest BCUT2D eigenvalue weighted by Gasteiger charge is 2.24. The first-order valence-electron chi connectivity index (χ1n) is 8.80. The van der Waals surface area contributed by atoms with E-state index < -0.39 is 10.8 Å². The zero-order chi connectivity index (χ0) is 18.8. The van der Waals surface area contributed by atoms with Gasteiger partial charge in [-0.1, -0.05) is 6.07 Å². The van der Waals surface area contributed by atoms with Crippen LogP contribution in [0.25, 0.3) is 0 Å². The van der Waals surface area contributed by atoms with Crippen molar-refractivity contribution in [3.8, 4) is 0 Å². The molecule has 7 heteroatoms. The normalized spacial score (nSPS) is 15.9. The number of nitrogens with two attached hydrogens (primary N) is 1. The van der Waals surface area contributed by atoms with Crippen molar-refractivity contribution < 1.29 is 9.72 Å². The van der Waals surface area contributed by atoms with Gasteiger partial charge in [-0.05, 0) is 44.9 Å². The number of carbonyl (C=O) groups is 1. The summed E-state index contributed by atoms with van der Waals surface area (Å²) in [6.07, 6.45) is 2.03. The molecule has 0 bridgehead atoms. The predicted molar refractivity (Wildman–Crippen MR) is 99.1 cm³/mol. The van der Waals surface area contributed by atoms with Crippen molar-refractivity contribution >= 4 is 11.6 Å². The van der Waals surface area contributed by atoms with E-state index in [9.17, 15) is 14.9 Å². The molecule has 0 unspecified atom stereocenters. The number of likely N-dealkylation sites (tertiary alicyclic amines) is 1. The summed E-state index contributed by atoms with van der Waals surface area (Å²) in [6.45, 7) is 6.53. The van der Waals surface area contributed by atoms with Gasteiger partial charge in [0.1, 0.15) is 0 Å². The SMILES string of the molecule is Cc1ccc(C)n1C1CCN(Cc2ccc(C(N)=O)cc2[N+](=O)[O-])CC1. The molecule has 1 saturated heterocycles. The fourth-order valence-electron chi connectivity index (χ4n) is 3.85. The van der Waals surface area contributed by atoms with Gasteiger partial charge in [-0.15, -0.1) is 0 Å². The number of aromatic nitrogens is 1. The molecule has 3 rings (SSSR count). The Morgan fingerprint density at radius 3 is 2.35 bits per heavy atom. The fourth-order valence-corrected chi connectivity index (χ4v) is 3.85. The highest BCUT2D eigenvalue weighted by Crippen LogP contribution is 2.29. The molecule has 0 aliphatic carbocycles. The van der Waals surface area contributed by atoms with E-state index in [4.69, 9.17) is 5.73 Å². The van der Waals surface area contributed by atoms with Gasteiger partial charge in [-0.25, -0.2) is 0 Å². The molecule has 1 aliphatic rings. The van der Waals surface area contributed by atoms with Gasteiger partial charge in [-0.2, -0.15) is 0 Å². The van der Waals surface area contributed by atoms with Crippen LogP contribution < -0.4 is 5.73 Å². The van der Waals surface area contributed by atoms with Crippen molar-refractivity contribution in [2.75, 3.05) is 13.1 Å². The number of nitro benzene ring substituents is 1. The highest BCUT2D eigenvalue weighted by atomic mass is 16.6. The minimum absolute atomic E-state index is 0.0412. The van der Waals surface area contributed by atoms with Crippen LogP contribution in [-0.4, -0.2) is 33.4 Å². The molecule has 1 fully saturated rings. The Morgan fingerprint density at radius 1 is 1.19 bits per heavy atom. The molecule has 1 amide bonds.